The van der Waals surface area contributed by atoms with Gasteiger partial charge in [0.05, 0.1) is 6.10 Å². The van der Waals surface area contributed by atoms with Crippen molar-refractivity contribution in [1.82, 2.24) is 5.32 Å². The molecule has 6 heteroatoms. The number of aliphatic hydroxyl groups is 1. The van der Waals surface area contributed by atoms with Crippen LogP contribution in [0.2, 0.25) is 0 Å². The molecule has 0 fully saturated rings. The fourth-order valence-corrected chi connectivity index (χ4v) is 2.32. The summed E-state index contributed by atoms with van der Waals surface area (Å²) in [5.41, 5.74) is 0.559. The largest absolute Gasteiger partial charge is 0.480 e. The Morgan fingerprint density at radius 1 is 1.08 bits per heavy atom. The van der Waals surface area contributed by atoms with Crippen molar-refractivity contribution >= 4 is 17.7 Å². The third-order valence-electron chi connectivity index (χ3n) is 3.76. The molecule has 0 unspecified atom stereocenters. The summed E-state index contributed by atoms with van der Waals surface area (Å²) >= 11 is 0. The maximum Gasteiger partial charge on any atom is 0.326 e. The van der Waals surface area contributed by atoms with Gasteiger partial charge in [-0.25, -0.2) is 4.79 Å². The van der Waals surface area contributed by atoms with Crippen molar-refractivity contribution in [1.29, 1.82) is 0 Å². The molecule has 0 radical (unpaired) electrons. The quantitative estimate of drug-likeness (QED) is 0.425. The Morgan fingerprint density at radius 3 is 2.33 bits per heavy atom. The predicted octanol–water partition coefficient (Wildman–Crippen LogP) is 2.22. The number of amides is 1. The molecule has 2 atom stereocenters. The highest BCUT2D eigenvalue weighted by Crippen LogP contribution is 2.18. The third kappa shape index (κ3) is 6.91. The highest BCUT2D eigenvalue weighted by Gasteiger charge is 2.26. The van der Waals surface area contributed by atoms with Crippen molar-refractivity contribution < 1.29 is 24.6 Å². The molecular formula is C18H25NO5. The van der Waals surface area contributed by atoms with Crippen LogP contribution >= 0.6 is 0 Å². The zero-order valence-electron chi connectivity index (χ0n) is 13.9. The summed E-state index contributed by atoms with van der Waals surface area (Å²) in [6, 6.07) is 7.27. The van der Waals surface area contributed by atoms with Crippen molar-refractivity contribution in [2.75, 3.05) is 0 Å². The molecular weight excluding hydrogens is 310 g/mol. The van der Waals surface area contributed by atoms with Gasteiger partial charge in [0.1, 0.15) is 6.04 Å². The number of aliphatic hydroxyl groups excluding tert-OH is 1. The number of hydrogen-bond acceptors (Lipinski definition) is 4. The molecule has 0 saturated carbocycles. The number of aliphatic carboxylic acids is 1. The number of ketones is 1. The minimum absolute atomic E-state index is 0.111. The summed E-state index contributed by atoms with van der Waals surface area (Å²) in [7, 11) is 0. The number of unbranched alkanes of at least 4 members (excludes halogenated alkanes) is 3. The average molecular weight is 335 g/mol. The second-order valence-electron chi connectivity index (χ2n) is 5.76. The van der Waals surface area contributed by atoms with Crippen LogP contribution in [0.25, 0.3) is 0 Å². The molecule has 6 nitrogen and oxygen atoms in total. The molecule has 0 heterocycles. The molecule has 1 rings (SSSR count). The van der Waals surface area contributed by atoms with E-state index in [-0.39, 0.29) is 12.8 Å². The SMILES string of the molecule is CCCCCCC(=O)C(=O)N[C@@H](C[C@H](O)c1ccccc1)C(=O)O. The molecule has 0 aromatic heterocycles. The molecule has 0 saturated heterocycles. The Hall–Kier alpha value is -2.21. The first kappa shape index (κ1) is 19.8. The molecule has 0 spiro atoms. The second-order valence-corrected chi connectivity index (χ2v) is 5.76. The first-order valence-corrected chi connectivity index (χ1v) is 8.25. The van der Waals surface area contributed by atoms with Gasteiger partial charge >= 0.3 is 5.97 Å². The van der Waals surface area contributed by atoms with E-state index in [4.69, 9.17) is 0 Å². The van der Waals surface area contributed by atoms with E-state index in [2.05, 4.69) is 5.32 Å². The Morgan fingerprint density at radius 2 is 1.75 bits per heavy atom. The average Bonchev–Trinajstić information content (AvgIpc) is 2.58. The van der Waals surface area contributed by atoms with E-state index in [0.717, 1.165) is 19.3 Å². The van der Waals surface area contributed by atoms with Gasteiger partial charge in [0.15, 0.2) is 0 Å². The predicted molar refractivity (Wildman–Crippen MR) is 89.4 cm³/mol. The minimum Gasteiger partial charge on any atom is -0.480 e. The molecule has 132 valence electrons. The summed E-state index contributed by atoms with van der Waals surface area (Å²) in [6.07, 6.45) is 2.38. The maximum atomic E-state index is 11.8. The molecule has 3 N–H and O–H groups in total. The second kappa shape index (κ2) is 10.5. The number of carboxylic acids is 1. The first-order chi connectivity index (χ1) is 11.5. The van der Waals surface area contributed by atoms with Crippen LogP contribution in [0.1, 0.15) is 57.1 Å². The van der Waals surface area contributed by atoms with Gasteiger partial charge < -0.3 is 15.5 Å². The highest BCUT2D eigenvalue weighted by molar-refractivity contribution is 6.36. The van der Waals surface area contributed by atoms with Gasteiger partial charge in [-0.3, -0.25) is 9.59 Å². The van der Waals surface area contributed by atoms with Crippen LogP contribution in [-0.4, -0.2) is 33.9 Å². The van der Waals surface area contributed by atoms with Crippen molar-refractivity contribution in [2.24, 2.45) is 0 Å². The fraction of sp³-hybridized carbons (Fsp3) is 0.500. The van der Waals surface area contributed by atoms with Crippen LogP contribution < -0.4 is 5.32 Å². The summed E-state index contributed by atoms with van der Waals surface area (Å²) in [6.45, 7) is 2.05. The minimum atomic E-state index is -1.31. The number of nitrogens with one attached hydrogen (secondary N) is 1. The summed E-state index contributed by atoms with van der Waals surface area (Å²) in [5, 5.41) is 21.5. The Kier molecular flexibility index (Phi) is 8.71. The molecule has 1 aromatic carbocycles. The molecule has 0 aliphatic heterocycles. The molecule has 1 amide bonds. The van der Waals surface area contributed by atoms with Crippen molar-refractivity contribution in [3.63, 3.8) is 0 Å². The number of benzene rings is 1. The lowest BCUT2D eigenvalue weighted by molar-refractivity contribution is -0.145. The number of rotatable bonds is 11. The van der Waals surface area contributed by atoms with Crippen LogP contribution in [-0.2, 0) is 14.4 Å². The van der Waals surface area contributed by atoms with E-state index in [1.807, 2.05) is 6.92 Å². The smallest absolute Gasteiger partial charge is 0.326 e. The Bertz CT molecular complexity index is 544. The number of carboxylic acid groups (broad SMARTS) is 1. The van der Waals surface area contributed by atoms with Gasteiger partial charge in [0.2, 0.25) is 5.78 Å². The zero-order valence-corrected chi connectivity index (χ0v) is 13.9. The first-order valence-electron chi connectivity index (χ1n) is 8.25. The number of carbonyl (C=O) groups excluding carboxylic acids is 2. The summed E-state index contributed by atoms with van der Waals surface area (Å²) < 4.78 is 0. The van der Waals surface area contributed by atoms with Crippen LogP contribution in [0.4, 0.5) is 0 Å². The molecule has 0 aliphatic carbocycles. The topological polar surface area (TPSA) is 104 Å². The van der Waals surface area contributed by atoms with Gasteiger partial charge in [0.25, 0.3) is 5.91 Å². The molecule has 24 heavy (non-hydrogen) atoms. The van der Waals surface area contributed by atoms with E-state index >= 15 is 0 Å². The van der Waals surface area contributed by atoms with Crippen LogP contribution in [0.3, 0.4) is 0 Å². The lowest BCUT2D eigenvalue weighted by Crippen LogP contribution is -2.44. The van der Waals surface area contributed by atoms with Gasteiger partial charge in [-0.15, -0.1) is 0 Å². The van der Waals surface area contributed by atoms with Crippen molar-refractivity contribution in [3.05, 3.63) is 35.9 Å². The highest BCUT2D eigenvalue weighted by atomic mass is 16.4. The lowest BCUT2D eigenvalue weighted by atomic mass is 10.0. The van der Waals surface area contributed by atoms with E-state index in [1.165, 1.54) is 0 Å². The van der Waals surface area contributed by atoms with Gasteiger partial charge in [0, 0.05) is 12.8 Å². The van der Waals surface area contributed by atoms with E-state index in [0.29, 0.717) is 12.0 Å². The number of carbonyl (C=O) groups is 3. The van der Waals surface area contributed by atoms with Crippen LogP contribution in [0.5, 0.6) is 0 Å². The van der Waals surface area contributed by atoms with E-state index in [1.54, 1.807) is 30.3 Å². The van der Waals surface area contributed by atoms with Crippen LogP contribution in [0.15, 0.2) is 30.3 Å². The Labute approximate surface area is 141 Å². The Balaban J connectivity index is 2.54. The lowest BCUT2D eigenvalue weighted by Gasteiger charge is -2.18. The van der Waals surface area contributed by atoms with Gasteiger partial charge in [-0.05, 0) is 12.0 Å². The third-order valence-corrected chi connectivity index (χ3v) is 3.76. The number of hydrogen-bond donors (Lipinski definition) is 3. The molecule has 0 bridgehead atoms. The van der Waals surface area contributed by atoms with Gasteiger partial charge in [-0.2, -0.15) is 0 Å². The zero-order chi connectivity index (χ0) is 17.9. The van der Waals surface area contributed by atoms with Crippen LogP contribution in [0, 0.1) is 0 Å². The fourth-order valence-electron chi connectivity index (χ4n) is 2.32. The standard InChI is InChI=1S/C18H25NO5/c1-2-3-4-8-11-15(20)17(22)19-14(18(23)24)12-16(21)13-9-6-5-7-10-13/h5-7,9-10,14,16,21H,2-4,8,11-12H2,1H3,(H,19,22)(H,23,24)/t14-,16-/m0/s1. The molecule has 0 aliphatic rings. The van der Waals surface area contributed by atoms with E-state index in [9.17, 15) is 24.6 Å². The van der Waals surface area contributed by atoms with E-state index < -0.39 is 29.8 Å². The van der Waals surface area contributed by atoms with Gasteiger partial charge in [-0.1, -0.05) is 56.5 Å². The number of Topliss-reactive ketones (excluding diaryl/α,β-unsaturated/α-hetero) is 1. The monoisotopic (exact) mass is 335 g/mol. The molecule has 1 aromatic rings. The van der Waals surface area contributed by atoms with Crippen molar-refractivity contribution in [2.45, 2.75) is 57.6 Å². The summed E-state index contributed by atoms with van der Waals surface area (Å²) in [4.78, 5) is 34.9. The maximum absolute atomic E-state index is 11.8. The van der Waals surface area contributed by atoms with Crippen molar-refractivity contribution in [3.8, 4) is 0 Å². The normalized spacial score (nSPS) is 13.1. The summed E-state index contributed by atoms with van der Waals surface area (Å²) in [5.74, 6) is -2.80.